The summed E-state index contributed by atoms with van der Waals surface area (Å²) in [5, 5.41) is 33.0. The molecule has 0 unspecified atom stereocenters. The van der Waals surface area contributed by atoms with Gasteiger partial charge in [0.25, 0.3) is 0 Å². The molecule has 172 valence electrons. The third kappa shape index (κ3) is 3.06. The van der Waals surface area contributed by atoms with Crippen LogP contribution in [0.5, 0.6) is 5.75 Å². The van der Waals surface area contributed by atoms with Gasteiger partial charge in [-0.05, 0) is 17.2 Å². The lowest BCUT2D eigenvalue weighted by Crippen LogP contribution is -2.60. The molecule has 0 aromatic heterocycles. The van der Waals surface area contributed by atoms with Crippen LogP contribution in [0.2, 0.25) is 0 Å². The predicted molar refractivity (Wildman–Crippen MR) is 116 cm³/mol. The quantitative estimate of drug-likeness (QED) is 0.486. The first-order valence-electron chi connectivity index (χ1n) is 10.5. The zero-order valence-corrected chi connectivity index (χ0v) is 18.3. The van der Waals surface area contributed by atoms with Crippen LogP contribution in [0.15, 0.2) is 48.5 Å². The smallest absolute Gasteiger partial charge is 0.309 e. The largest absolute Gasteiger partial charge is 0.469 e. The van der Waals surface area contributed by atoms with Crippen LogP contribution in [0.1, 0.15) is 19.4 Å². The van der Waals surface area contributed by atoms with Crippen molar-refractivity contribution in [1.29, 1.82) is 0 Å². The van der Waals surface area contributed by atoms with Crippen LogP contribution in [0.3, 0.4) is 0 Å². The standard InChI is InChI=1S/C24H29NO7/c1-22(2)23(28)20(27)18(13-25)32-21(24(22,23)29)31-17-10-5-4-9-16(17)15-8-6-7-14(11-15)12-19(26)30-3/h4-11,18,20-21,27-29H,12-13,25H2,1-3H3/t18-,20-,21+,23+,24-/m1/s1. The Morgan fingerprint density at radius 3 is 2.53 bits per heavy atom. The molecule has 2 fully saturated rings. The van der Waals surface area contributed by atoms with E-state index < -0.39 is 35.1 Å². The number of benzene rings is 2. The number of carbonyl (C=O) groups is 1. The molecule has 4 rings (SSSR count). The molecule has 1 heterocycles. The number of aliphatic hydroxyl groups is 3. The van der Waals surface area contributed by atoms with E-state index in [0.717, 1.165) is 11.1 Å². The predicted octanol–water partition coefficient (Wildman–Crippen LogP) is 0.994. The minimum absolute atomic E-state index is 0.0489. The molecule has 1 saturated heterocycles. The summed E-state index contributed by atoms with van der Waals surface area (Å²) in [6, 6.07) is 14.6. The molecule has 0 spiro atoms. The number of aliphatic hydroxyl groups excluding tert-OH is 1. The number of para-hydroxylation sites is 1. The number of ether oxygens (including phenoxy) is 3. The van der Waals surface area contributed by atoms with Gasteiger partial charge >= 0.3 is 5.97 Å². The molecule has 5 atom stereocenters. The molecule has 2 aromatic carbocycles. The van der Waals surface area contributed by atoms with Crippen molar-refractivity contribution in [3.63, 3.8) is 0 Å². The number of fused-ring (bicyclic) bond motifs is 1. The molecule has 0 radical (unpaired) electrons. The molecule has 2 aliphatic rings. The Bertz CT molecular complexity index is 1020. The fraction of sp³-hybridized carbons (Fsp3) is 0.458. The lowest BCUT2D eigenvalue weighted by atomic mass is 9.96. The maximum absolute atomic E-state index is 11.7. The number of rotatable bonds is 6. The van der Waals surface area contributed by atoms with Crippen LogP contribution in [-0.2, 0) is 20.7 Å². The number of methoxy groups -OCH3 is 1. The molecule has 8 nitrogen and oxygen atoms in total. The summed E-state index contributed by atoms with van der Waals surface area (Å²) in [4.78, 5) is 11.7. The van der Waals surface area contributed by atoms with Gasteiger partial charge in [0.2, 0.25) is 6.29 Å². The van der Waals surface area contributed by atoms with E-state index in [4.69, 9.17) is 19.9 Å². The first-order valence-corrected chi connectivity index (χ1v) is 10.5. The summed E-state index contributed by atoms with van der Waals surface area (Å²) in [6.07, 6.45) is -3.37. The molecule has 1 aliphatic carbocycles. The number of carbonyl (C=O) groups excluding carboxylic acids is 1. The summed E-state index contributed by atoms with van der Waals surface area (Å²) < 4.78 is 16.7. The Hall–Kier alpha value is -2.49. The van der Waals surface area contributed by atoms with E-state index >= 15 is 0 Å². The fourth-order valence-electron chi connectivity index (χ4n) is 4.88. The van der Waals surface area contributed by atoms with E-state index in [9.17, 15) is 20.1 Å². The zero-order valence-electron chi connectivity index (χ0n) is 18.3. The third-order valence-electron chi connectivity index (χ3n) is 7.01. The highest BCUT2D eigenvalue weighted by Crippen LogP contribution is 2.70. The normalized spacial score (nSPS) is 32.7. The average Bonchev–Trinajstić information content (AvgIpc) is 3.17. The maximum atomic E-state index is 11.7. The van der Waals surface area contributed by atoms with Crippen LogP contribution in [0.25, 0.3) is 11.1 Å². The van der Waals surface area contributed by atoms with Gasteiger partial charge in [-0.15, -0.1) is 0 Å². The van der Waals surface area contributed by atoms with E-state index in [1.165, 1.54) is 7.11 Å². The molecule has 1 aliphatic heterocycles. The SMILES string of the molecule is COC(=O)Cc1cccc(-c2ccccc2O[C@H]2O[C@H](CN)[C@@H](O)[C@]3(O)C(C)(C)[C@]23O)c1. The van der Waals surface area contributed by atoms with Crippen LogP contribution in [0.4, 0.5) is 0 Å². The van der Waals surface area contributed by atoms with Gasteiger partial charge in [0.15, 0.2) is 5.60 Å². The summed E-state index contributed by atoms with van der Waals surface area (Å²) in [6.45, 7) is 3.25. The molecule has 0 amide bonds. The minimum Gasteiger partial charge on any atom is -0.469 e. The maximum Gasteiger partial charge on any atom is 0.309 e. The van der Waals surface area contributed by atoms with Crippen molar-refractivity contribution >= 4 is 5.97 Å². The highest BCUT2D eigenvalue weighted by Gasteiger charge is 2.91. The Labute approximate surface area is 186 Å². The molecule has 32 heavy (non-hydrogen) atoms. The molecule has 5 N–H and O–H groups in total. The lowest BCUT2D eigenvalue weighted by Gasteiger charge is -2.39. The Morgan fingerprint density at radius 2 is 1.84 bits per heavy atom. The Balaban J connectivity index is 1.67. The Kier molecular flexibility index (Phi) is 5.55. The molecule has 8 heteroatoms. The van der Waals surface area contributed by atoms with E-state index in [2.05, 4.69) is 0 Å². The number of esters is 1. The summed E-state index contributed by atoms with van der Waals surface area (Å²) in [5.41, 5.74) is 3.30. The van der Waals surface area contributed by atoms with Gasteiger partial charge in [-0.2, -0.15) is 0 Å². The number of hydrogen-bond donors (Lipinski definition) is 4. The first kappa shape index (κ1) is 22.7. The van der Waals surface area contributed by atoms with Crippen LogP contribution in [0, 0.1) is 5.41 Å². The second-order valence-electron chi connectivity index (χ2n) is 8.91. The van der Waals surface area contributed by atoms with Crippen molar-refractivity contribution in [2.75, 3.05) is 13.7 Å². The van der Waals surface area contributed by atoms with Gasteiger partial charge in [-0.25, -0.2) is 0 Å². The summed E-state index contributed by atoms with van der Waals surface area (Å²) in [5.74, 6) is 0.0736. The number of nitrogens with two attached hydrogens (primary N) is 1. The number of hydrogen-bond acceptors (Lipinski definition) is 8. The van der Waals surface area contributed by atoms with Crippen molar-refractivity contribution in [3.05, 3.63) is 54.1 Å². The van der Waals surface area contributed by atoms with Gasteiger partial charge in [0.05, 0.1) is 13.5 Å². The fourth-order valence-corrected chi connectivity index (χ4v) is 4.88. The second kappa shape index (κ2) is 7.83. The van der Waals surface area contributed by atoms with Crippen LogP contribution in [-0.4, -0.2) is 64.6 Å². The third-order valence-corrected chi connectivity index (χ3v) is 7.01. The topological polar surface area (TPSA) is 131 Å². The van der Waals surface area contributed by atoms with E-state index in [1.807, 2.05) is 36.4 Å². The van der Waals surface area contributed by atoms with Gasteiger partial charge in [-0.3, -0.25) is 4.79 Å². The summed E-state index contributed by atoms with van der Waals surface area (Å²) in [7, 11) is 1.34. The Morgan fingerprint density at radius 1 is 1.12 bits per heavy atom. The van der Waals surface area contributed by atoms with Crippen molar-refractivity contribution in [2.24, 2.45) is 11.1 Å². The monoisotopic (exact) mass is 443 g/mol. The minimum atomic E-state index is -1.83. The molecular weight excluding hydrogens is 414 g/mol. The van der Waals surface area contributed by atoms with Crippen molar-refractivity contribution in [3.8, 4) is 16.9 Å². The molecule has 1 saturated carbocycles. The zero-order chi connectivity index (χ0) is 23.3. The van der Waals surface area contributed by atoms with Crippen molar-refractivity contribution < 1.29 is 34.3 Å². The average molecular weight is 443 g/mol. The van der Waals surface area contributed by atoms with Gasteiger partial charge in [0.1, 0.15) is 23.6 Å². The highest BCUT2D eigenvalue weighted by atomic mass is 16.7. The van der Waals surface area contributed by atoms with Gasteiger partial charge < -0.3 is 35.3 Å². The van der Waals surface area contributed by atoms with Crippen molar-refractivity contribution in [1.82, 2.24) is 0 Å². The molecule has 2 aromatic rings. The van der Waals surface area contributed by atoms with Crippen molar-refractivity contribution in [2.45, 2.75) is 50.0 Å². The van der Waals surface area contributed by atoms with E-state index in [1.54, 1.807) is 26.0 Å². The highest BCUT2D eigenvalue weighted by molar-refractivity contribution is 5.75. The van der Waals surface area contributed by atoms with E-state index in [0.29, 0.717) is 11.3 Å². The van der Waals surface area contributed by atoms with Crippen LogP contribution < -0.4 is 10.5 Å². The molecule has 0 bridgehead atoms. The molecular formula is C24H29NO7. The van der Waals surface area contributed by atoms with E-state index in [-0.39, 0.29) is 18.9 Å². The summed E-state index contributed by atoms with van der Waals surface area (Å²) >= 11 is 0. The van der Waals surface area contributed by atoms with Gasteiger partial charge in [-0.1, -0.05) is 56.3 Å². The first-order chi connectivity index (χ1) is 15.1. The lowest BCUT2D eigenvalue weighted by molar-refractivity contribution is -0.270. The second-order valence-corrected chi connectivity index (χ2v) is 8.91. The van der Waals surface area contributed by atoms with Crippen LogP contribution >= 0.6 is 0 Å². The van der Waals surface area contributed by atoms with Gasteiger partial charge in [0, 0.05) is 17.5 Å².